The minimum absolute atomic E-state index is 0.151. The molecule has 2 heterocycles. The van der Waals surface area contributed by atoms with Crippen molar-refractivity contribution in [2.24, 2.45) is 0 Å². The Morgan fingerprint density at radius 3 is 2.35 bits per heavy atom. The largest absolute Gasteiger partial charge is 0.321 e. The number of carbonyl (C=O) groups excluding carboxylic acids is 1. The summed E-state index contributed by atoms with van der Waals surface area (Å²) in [6.07, 6.45) is 1.93. The molecule has 0 bridgehead atoms. The van der Waals surface area contributed by atoms with Gasteiger partial charge in [0.05, 0.1) is 10.6 Å². The van der Waals surface area contributed by atoms with Gasteiger partial charge in [-0.15, -0.1) is 0 Å². The topological polar surface area (TPSA) is 92.6 Å². The van der Waals surface area contributed by atoms with Crippen molar-refractivity contribution in [2.45, 2.75) is 31.7 Å². The van der Waals surface area contributed by atoms with Crippen molar-refractivity contribution in [3.8, 4) is 11.3 Å². The molecule has 0 saturated carbocycles. The first-order valence-electron chi connectivity index (χ1n) is 9.72. The van der Waals surface area contributed by atoms with Crippen molar-refractivity contribution in [3.63, 3.8) is 0 Å². The second kappa shape index (κ2) is 8.26. The Labute approximate surface area is 184 Å². The maximum atomic E-state index is 12.8. The smallest absolute Gasteiger partial charge is 0.267 e. The number of fused-ring (bicyclic) bond motifs is 1. The van der Waals surface area contributed by atoms with Crippen LogP contribution in [0, 0.1) is 6.92 Å². The summed E-state index contributed by atoms with van der Waals surface area (Å²) >= 11 is 1.31. The minimum atomic E-state index is -3.57. The summed E-state index contributed by atoms with van der Waals surface area (Å²) in [5.41, 5.74) is 3.19. The minimum Gasteiger partial charge on any atom is -0.321 e. The van der Waals surface area contributed by atoms with Crippen LogP contribution >= 0.6 is 11.3 Å². The number of carbonyl (C=O) groups is 1. The molecule has 0 saturated heterocycles. The number of imidazole rings is 1. The zero-order valence-electron chi connectivity index (χ0n) is 17.3. The molecule has 0 aliphatic heterocycles. The van der Waals surface area contributed by atoms with E-state index in [1.54, 1.807) is 26.0 Å². The van der Waals surface area contributed by atoms with Crippen LogP contribution in [0.15, 0.2) is 65.7 Å². The maximum Gasteiger partial charge on any atom is 0.267 e. The van der Waals surface area contributed by atoms with Gasteiger partial charge in [0.25, 0.3) is 5.91 Å². The number of thiazole rings is 1. The summed E-state index contributed by atoms with van der Waals surface area (Å²) in [6, 6.07) is 15.8. The molecule has 0 radical (unpaired) electrons. The molecule has 2 N–H and O–H groups in total. The number of benzene rings is 2. The number of anilines is 1. The lowest BCUT2D eigenvalue weighted by molar-refractivity contribution is 0.102. The van der Waals surface area contributed by atoms with E-state index in [0.717, 1.165) is 21.9 Å². The summed E-state index contributed by atoms with van der Waals surface area (Å²) in [5.74, 6) is -0.259. The van der Waals surface area contributed by atoms with Gasteiger partial charge >= 0.3 is 0 Å². The predicted octanol–water partition coefficient (Wildman–Crippen LogP) is 4.31. The summed E-state index contributed by atoms with van der Waals surface area (Å²) in [6.45, 7) is 5.40. The van der Waals surface area contributed by atoms with Crippen molar-refractivity contribution in [1.29, 1.82) is 0 Å². The lowest BCUT2D eigenvalue weighted by atomic mass is 10.2. The molecule has 9 heteroatoms. The Hall–Kier alpha value is -3.01. The van der Waals surface area contributed by atoms with Gasteiger partial charge < -0.3 is 5.32 Å². The third-order valence-corrected chi connectivity index (χ3v) is 7.48. The van der Waals surface area contributed by atoms with Crippen molar-refractivity contribution >= 4 is 37.9 Å². The summed E-state index contributed by atoms with van der Waals surface area (Å²) in [7, 11) is -3.57. The number of nitrogens with zero attached hydrogens (tertiary/aromatic N) is 2. The highest BCUT2D eigenvalue weighted by molar-refractivity contribution is 7.89. The first kappa shape index (κ1) is 21.2. The van der Waals surface area contributed by atoms with Crippen LogP contribution in [0.1, 0.15) is 29.2 Å². The molecule has 31 heavy (non-hydrogen) atoms. The number of hydrogen-bond donors (Lipinski definition) is 2. The average molecular weight is 455 g/mol. The van der Waals surface area contributed by atoms with Crippen LogP contribution < -0.4 is 10.0 Å². The quantitative estimate of drug-likeness (QED) is 0.454. The van der Waals surface area contributed by atoms with E-state index in [2.05, 4.69) is 15.0 Å². The number of aryl methyl sites for hydroxylation is 1. The van der Waals surface area contributed by atoms with Gasteiger partial charge in [0.2, 0.25) is 10.0 Å². The van der Waals surface area contributed by atoms with E-state index in [9.17, 15) is 13.2 Å². The molecule has 0 aliphatic carbocycles. The fraction of sp³-hybridized carbons (Fsp3) is 0.182. The second-order valence-electron chi connectivity index (χ2n) is 7.42. The Morgan fingerprint density at radius 2 is 1.74 bits per heavy atom. The number of nitrogens with one attached hydrogen (secondary N) is 2. The zero-order valence-corrected chi connectivity index (χ0v) is 18.9. The van der Waals surface area contributed by atoms with Gasteiger partial charge in [0, 0.05) is 29.2 Å². The molecule has 1 amide bonds. The molecule has 0 spiro atoms. The van der Waals surface area contributed by atoms with E-state index in [-0.39, 0.29) is 16.8 Å². The van der Waals surface area contributed by atoms with E-state index in [1.807, 2.05) is 47.9 Å². The highest BCUT2D eigenvalue weighted by Gasteiger charge is 2.19. The van der Waals surface area contributed by atoms with Crippen molar-refractivity contribution in [1.82, 2.24) is 14.1 Å². The predicted molar refractivity (Wildman–Crippen MR) is 123 cm³/mol. The van der Waals surface area contributed by atoms with Gasteiger partial charge in [-0.1, -0.05) is 41.7 Å². The summed E-state index contributed by atoms with van der Waals surface area (Å²) in [4.78, 5) is 18.9. The molecule has 160 valence electrons. The van der Waals surface area contributed by atoms with Gasteiger partial charge in [0.1, 0.15) is 4.88 Å². The number of rotatable bonds is 6. The summed E-state index contributed by atoms with van der Waals surface area (Å²) < 4.78 is 28.9. The third-order valence-electron chi connectivity index (χ3n) is 4.65. The highest BCUT2D eigenvalue weighted by atomic mass is 32.2. The van der Waals surface area contributed by atoms with Gasteiger partial charge in [-0.2, -0.15) is 0 Å². The number of aromatic nitrogens is 2. The lowest BCUT2D eigenvalue weighted by Crippen LogP contribution is -2.30. The molecule has 0 atom stereocenters. The van der Waals surface area contributed by atoms with Crippen LogP contribution in [0.5, 0.6) is 0 Å². The number of amides is 1. The molecule has 0 unspecified atom stereocenters. The first-order valence-corrected chi connectivity index (χ1v) is 12.0. The van der Waals surface area contributed by atoms with E-state index in [4.69, 9.17) is 0 Å². The van der Waals surface area contributed by atoms with Gasteiger partial charge in [-0.05, 0) is 45.0 Å². The fourth-order valence-electron chi connectivity index (χ4n) is 3.19. The molecule has 0 aliphatic rings. The fourth-order valence-corrected chi connectivity index (χ4v) is 5.45. The zero-order chi connectivity index (χ0) is 22.2. The van der Waals surface area contributed by atoms with E-state index in [0.29, 0.717) is 10.6 Å². The van der Waals surface area contributed by atoms with E-state index >= 15 is 0 Å². The van der Waals surface area contributed by atoms with E-state index < -0.39 is 10.0 Å². The van der Waals surface area contributed by atoms with Crippen LogP contribution in [0.3, 0.4) is 0 Å². The Kier molecular flexibility index (Phi) is 5.65. The van der Waals surface area contributed by atoms with Crippen molar-refractivity contribution in [2.75, 3.05) is 5.32 Å². The van der Waals surface area contributed by atoms with Crippen LogP contribution in [0.25, 0.3) is 16.2 Å². The van der Waals surface area contributed by atoms with Crippen LogP contribution in [0.2, 0.25) is 0 Å². The Balaban J connectivity index is 1.53. The monoisotopic (exact) mass is 454 g/mol. The lowest BCUT2D eigenvalue weighted by Gasteiger charge is -2.10. The van der Waals surface area contributed by atoms with Crippen LogP contribution in [-0.4, -0.2) is 29.8 Å². The number of hydrogen-bond acceptors (Lipinski definition) is 5. The molecule has 0 fully saturated rings. The standard InChI is InChI=1S/C22H22N4O3S2/c1-14(2)25-31(28,29)18-11-9-17(10-12-18)23-21(27)20-15(3)26-13-19(24-22(26)30-20)16-7-5-4-6-8-16/h4-14,25H,1-3H3,(H,23,27). The molecular weight excluding hydrogens is 432 g/mol. The average Bonchev–Trinajstić information content (AvgIpc) is 3.28. The number of sulfonamides is 1. The molecular formula is C22H22N4O3S2. The Morgan fingerprint density at radius 1 is 1.06 bits per heavy atom. The van der Waals surface area contributed by atoms with Gasteiger partial charge in [-0.3, -0.25) is 9.20 Å². The SMILES string of the molecule is Cc1c(C(=O)Nc2ccc(S(=O)(=O)NC(C)C)cc2)sc2nc(-c3ccccc3)cn12. The Bertz CT molecular complexity index is 1340. The van der Waals surface area contributed by atoms with Crippen LogP contribution in [0.4, 0.5) is 5.69 Å². The van der Waals surface area contributed by atoms with Crippen LogP contribution in [-0.2, 0) is 10.0 Å². The summed E-state index contributed by atoms with van der Waals surface area (Å²) in [5, 5.41) is 2.83. The molecule has 4 rings (SSSR count). The molecule has 2 aromatic carbocycles. The molecule has 4 aromatic rings. The highest BCUT2D eigenvalue weighted by Crippen LogP contribution is 2.28. The molecule has 7 nitrogen and oxygen atoms in total. The van der Waals surface area contributed by atoms with Crippen molar-refractivity contribution < 1.29 is 13.2 Å². The van der Waals surface area contributed by atoms with E-state index in [1.165, 1.54) is 23.5 Å². The van der Waals surface area contributed by atoms with Crippen molar-refractivity contribution in [3.05, 3.63) is 71.4 Å². The third kappa shape index (κ3) is 4.39. The maximum absolute atomic E-state index is 12.8. The molecule has 2 aromatic heterocycles. The first-order chi connectivity index (χ1) is 14.7. The second-order valence-corrected chi connectivity index (χ2v) is 10.1. The van der Waals surface area contributed by atoms with Gasteiger partial charge in [-0.25, -0.2) is 18.1 Å². The normalized spacial score (nSPS) is 11.9. The van der Waals surface area contributed by atoms with Gasteiger partial charge in [0.15, 0.2) is 4.96 Å².